The van der Waals surface area contributed by atoms with Crippen LogP contribution in [0.25, 0.3) is 0 Å². The van der Waals surface area contributed by atoms with E-state index in [2.05, 4.69) is 12.2 Å². The molecule has 0 saturated carbocycles. The predicted molar refractivity (Wildman–Crippen MR) is 70.3 cm³/mol. The lowest BCUT2D eigenvalue weighted by atomic mass is 9.96. The maximum atomic E-state index is 11.7. The number of ether oxygens (including phenoxy) is 2. The number of carbonyl (C=O) groups excluding carboxylic acids is 1. The molecule has 1 rings (SSSR count). The molecule has 0 radical (unpaired) electrons. The van der Waals surface area contributed by atoms with Gasteiger partial charge in [-0.3, -0.25) is 4.79 Å². The van der Waals surface area contributed by atoms with Crippen molar-refractivity contribution in [3.63, 3.8) is 0 Å². The van der Waals surface area contributed by atoms with Crippen molar-refractivity contribution in [1.82, 2.24) is 5.32 Å². The number of amides is 1. The van der Waals surface area contributed by atoms with Crippen LogP contribution in [0.1, 0.15) is 32.6 Å². The minimum Gasteiger partial charge on any atom is -0.376 e. The molecule has 5 heteroatoms. The van der Waals surface area contributed by atoms with Crippen molar-refractivity contribution < 1.29 is 14.3 Å². The van der Waals surface area contributed by atoms with Crippen LogP contribution in [-0.4, -0.2) is 44.9 Å². The molecule has 1 saturated heterocycles. The number of carbonyl (C=O) groups is 1. The molecule has 5 nitrogen and oxygen atoms in total. The average Bonchev–Trinajstić information content (AvgIpc) is 2.42. The standard InChI is InChI=1S/C13H26N2O3/c1-2-11(5-6-14)3-4-13(16)15-9-12-10-17-7-8-18-12/h11-12H,2-10,14H2,1H3,(H,15,16). The van der Waals surface area contributed by atoms with E-state index < -0.39 is 0 Å². The summed E-state index contributed by atoms with van der Waals surface area (Å²) in [6.07, 6.45) is 3.59. The topological polar surface area (TPSA) is 73.6 Å². The smallest absolute Gasteiger partial charge is 0.220 e. The molecule has 18 heavy (non-hydrogen) atoms. The fourth-order valence-corrected chi connectivity index (χ4v) is 2.09. The Balaban J connectivity index is 2.08. The molecule has 1 aliphatic rings. The molecule has 1 heterocycles. The van der Waals surface area contributed by atoms with Gasteiger partial charge in [0.1, 0.15) is 0 Å². The highest BCUT2D eigenvalue weighted by Gasteiger charge is 2.15. The molecular weight excluding hydrogens is 232 g/mol. The van der Waals surface area contributed by atoms with Crippen LogP contribution >= 0.6 is 0 Å². The Hall–Kier alpha value is -0.650. The van der Waals surface area contributed by atoms with Crippen molar-refractivity contribution in [3.8, 4) is 0 Å². The van der Waals surface area contributed by atoms with Gasteiger partial charge in [0, 0.05) is 13.0 Å². The number of nitrogens with one attached hydrogen (secondary N) is 1. The molecule has 0 aromatic carbocycles. The first kappa shape index (κ1) is 15.4. The zero-order chi connectivity index (χ0) is 13.2. The van der Waals surface area contributed by atoms with Crippen LogP contribution in [0.3, 0.4) is 0 Å². The Morgan fingerprint density at radius 3 is 2.89 bits per heavy atom. The van der Waals surface area contributed by atoms with Gasteiger partial charge < -0.3 is 20.5 Å². The molecule has 0 spiro atoms. The normalized spacial score (nSPS) is 21.6. The zero-order valence-electron chi connectivity index (χ0n) is 11.3. The first-order valence-corrected chi connectivity index (χ1v) is 6.92. The zero-order valence-corrected chi connectivity index (χ0v) is 11.3. The summed E-state index contributed by atoms with van der Waals surface area (Å²) in [4.78, 5) is 11.7. The van der Waals surface area contributed by atoms with E-state index >= 15 is 0 Å². The van der Waals surface area contributed by atoms with Crippen LogP contribution in [0, 0.1) is 5.92 Å². The number of nitrogens with two attached hydrogens (primary N) is 1. The molecule has 1 amide bonds. The van der Waals surface area contributed by atoms with Gasteiger partial charge in [0.25, 0.3) is 0 Å². The molecule has 2 unspecified atom stereocenters. The number of hydrogen-bond donors (Lipinski definition) is 2. The van der Waals surface area contributed by atoms with Gasteiger partial charge in [-0.1, -0.05) is 13.3 Å². The van der Waals surface area contributed by atoms with Crippen LogP contribution in [0.15, 0.2) is 0 Å². The molecule has 106 valence electrons. The van der Waals surface area contributed by atoms with E-state index in [9.17, 15) is 4.79 Å². The van der Waals surface area contributed by atoms with E-state index in [1.54, 1.807) is 0 Å². The van der Waals surface area contributed by atoms with Gasteiger partial charge in [0.05, 0.1) is 25.9 Å². The van der Waals surface area contributed by atoms with Gasteiger partial charge in [-0.25, -0.2) is 0 Å². The second-order valence-electron chi connectivity index (χ2n) is 4.76. The van der Waals surface area contributed by atoms with Crippen LogP contribution in [0.5, 0.6) is 0 Å². The summed E-state index contributed by atoms with van der Waals surface area (Å²) >= 11 is 0. The lowest BCUT2D eigenvalue weighted by Gasteiger charge is -2.23. The molecule has 2 atom stereocenters. The Labute approximate surface area is 109 Å². The lowest BCUT2D eigenvalue weighted by molar-refractivity contribution is -0.124. The molecule has 0 bridgehead atoms. The molecule has 3 N–H and O–H groups in total. The quantitative estimate of drug-likeness (QED) is 0.671. The summed E-state index contributed by atoms with van der Waals surface area (Å²) in [5, 5.41) is 2.90. The van der Waals surface area contributed by atoms with Gasteiger partial charge in [0.15, 0.2) is 0 Å². The largest absolute Gasteiger partial charge is 0.376 e. The van der Waals surface area contributed by atoms with Crippen molar-refractivity contribution >= 4 is 5.91 Å². The van der Waals surface area contributed by atoms with E-state index in [4.69, 9.17) is 15.2 Å². The van der Waals surface area contributed by atoms with Crippen LogP contribution in [-0.2, 0) is 14.3 Å². The minimum absolute atomic E-state index is 0.00807. The van der Waals surface area contributed by atoms with Gasteiger partial charge in [-0.2, -0.15) is 0 Å². The predicted octanol–water partition coefficient (Wildman–Crippen LogP) is 0.673. The van der Waals surface area contributed by atoms with Crippen molar-refractivity contribution in [2.75, 3.05) is 32.9 Å². The van der Waals surface area contributed by atoms with E-state index in [-0.39, 0.29) is 12.0 Å². The first-order chi connectivity index (χ1) is 8.76. The summed E-state index contributed by atoms with van der Waals surface area (Å²) in [6, 6.07) is 0. The van der Waals surface area contributed by atoms with E-state index in [1.807, 2.05) is 0 Å². The summed E-state index contributed by atoms with van der Waals surface area (Å²) in [7, 11) is 0. The highest BCUT2D eigenvalue weighted by Crippen LogP contribution is 2.14. The fourth-order valence-electron chi connectivity index (χ4n) is 2.09. The monoisotopic (exact) mass is 258 g/mol. The molecular formula is C13H26N2O3. The number of hydrogen-bond acceptors (Lipinski definition) is 4. The summed E-state index contributed by atoms with van der Waals surface area (Å²) in [6.45, 7) is 5.24. The van der Waals surface area contributed by atoms with E-state index in [1.165, 1.54) is 0 Å². The second-order valence-corrected chi connectivity index (χ2v) is 4.76. The Bertz CT molecular complexity index is 220. The Morgan fingerprint density at radius 2 is 2.28 bits per heavy atom. The van der Waals surface area contributed by atoms with Crippen LogP contribution < -0.4 is 11.1 Å². The summed E-state index contributed by atoms with van der Waals surface area (Å²) < 4.78 is 10.7. The molecule has 1 aliphatic heterocycles. The summed E-state index contributed by atoms with van der Waals surface area (Å²) in [5.74, 6) is 0.662. The number of rotatable bonds is 8. The SMILES string of the molecule is CCC(CCN)CCC(=O)NCC1COCCO1. The van der Waals surface area contributed by atoms with Crippen molar-refractivity contribution in [2.24, 2.45) is 11.7 Å². The van der Waals surface area contributed by atoms with Crippen molar-refractivity contribution in [2.45, 2.75) is 38.7 Å². The Kier molecular flexibility index (Phi) is 7.96. The van der Waals surface area contributed by atoms with Gasteiger partial charge >= 0.3 is 0 Å². The highest BCUT2D eigenvalue weighted by atomic mass is 16.6. The fraction of sp³-hybridized carbons (Fsp3) is 0.923. The van der Waals surface area contributed by atoms with Crippen molar-refractivity contribution in [3.05, 3.63) is 0 Å². The molecule has 0 aromatic rings. The lowest BCUT2D eigenvalue weighted by Crippen LogP contribution is -2.39. The van der Waals surface area contributed by atoms with Crippen LogP contribution in [0.2, 0.25) is 0 Å². The maximum Gasteiger partial charge on any atom is 0.220 e. The summed E-state index contributed by atoms with van der Waals surface area (Å²) in [5.41, 5.74) is 5.54. The molecule has 0 aliphatic carbocycles. The van der Waals surface area contributed by atoms with Crippen molar-refractivity contribution in [1.29, 1.82) is 0 Å². The van der Waals surface area contributed by atoms with E-state index in [0.29, 0.717) is 45.2 Å². The first-order valence-electron chi connectivity index (χ1n) is 6.92. The van der Waals surface area contributed by atoms with Gasteiger partial charge in [0.2, 0.25) is 5.91 Å². The third-order valence-corrected chi connectivity index (χ3v) is 3.34. The van der Waals surface area contributed by atoms with E-state index in [0.717, 1.165) is 19.3 Å². The van der Waals surface area contributed by atoms with Crippen LogP contribution in [0.4, 0.5) is 0 Å². The maximum absolute atomic E-state index is 11.7. The second kappa shape index (κ2) is 9.30. The molecule has 1 fully saturated rings. The van der Waals surface area contributed by atoms with Gasteiger partial charge in [-0.15, -0.1) is 0 Å². The van der Waals surface area contributed by atoms with Gasteiger partial charge in [-0.05, 0) is 25.3 Å². The average molecular weight is 258 g/mol. The minimum atomic E-state index is 0.00807. The Morgan fingerprint density at radius 1 is 1.44 bits per heavy atom. The molecule has 0 aromatic heterocycles. The third-order valence-electron chi connectivity index (χ3n) is 3.34. The highest BCUT2D eigenvalue weighted by molar-refractivity contribution is 5.75. The third kappa shape index (κ3) is 6.33.